The second-order valence-electron chi connectivity index (χ2n) is 6.88. The Morgan fingerprint density at radius 1 is 1.07 bits per heavy atom. The molecule has 1 fully saturated rings. The van der Waals surface area contributed by atoms with Crippen LogP contribution in [-0.2, 0) is 14.8 Å². The minimum Gasteiger partial charge on any atom is -0.373 e. The molecule has 2 aromatic rings. The van der Waals surface area contributed by atoms with Crippen molar-refractivity contribution in [3.63, 3.8) is 0 Å². The second kappa shape index (κ2) is 7.80. The van der Waals surface area contributed by atoms with E-state index in [4.69, 9.17) is 4.74 Å². The van der Waals surface area contributed by atoms with Crippen molar-refractivity contribution < 1.29 is 17.9 Å². The lowest BCUT2D eigenvalue weighted by molar-refractivity contribution is -0.0440. The van der Waals surface area contributed by atoms with Gasteiger partial charge in [0.1, 0.15) is 0 Å². The van der Waals surface area contributed by atoms with E-state index in [1.807, 2.05) is 45.0 Å². The minimum absolute atomic E-state index is 0.112. The molecule has 144 valence electrons. The van der Waals surface area contributed by atoms with Gasteiger partial charge < -0.3 is 10.1 Å². The van der Waals surface area contributed by atoms with Crippen LogP contribution in [-0.4, -0.2) is 43.9 Å². The van der Waals surface area contributed by atoms with Crippen LogP contribution in [0.2, 0.25) is 0 Å². The number of sulfonamides is 1. The number of nitrogens with one attached hydrogen (secondary N) is 1. The van der Waals surface area contributed by atoms with E-state index in [1.54, 1.807) is 12.1 Å². The molecule has 6 nitrogen and oxygen atoms in total. The number of ether oxygens (including phenoxy) is 1. The topological polar surface area (TPSA) is 75.7 Å². The number of anilines is 1. The molecule has 0 aromatic heterocycles. The van der Waals surface area contributed by atoms with E-state index < -0.39 is 10.0 Å². The van der Waals surface area contributed by atoms with Crippen molar-refractivity contribution in [3.8, 4) is 0 Å². The average Bonchev–Trinajstić information content (AvgIpc) is 2.63. The summed E-state index contributed by atoms with van der Waals surface area (Å²) >= 11 is 0. The molecule has 0 unspecified atom stereocenters. The predicted octanol–water partition coefficient (Wildman–Crippen LogP) is 3.05. The quantitative estimate of drug-likeness (QED) is 0.873. The van der Waals surface area contributed by atoms with Crippen LogP contribution in [0.15, 0.2) is 53.4 Å². The summed E-state index contributed by atoms with van der Waals surface area (Å²) in [6.45, 7) is 6.20. The molecule has 0 aliphatic carbocycles. The Labute approximate surface area is 160 Å². The summed E-state index contributed by atoms with van der Waals surface area (Å²) in [6.07, 6.45) is -0.341. The molecule has 2 aromatic carbocycles. The van der Waals surface area contributed by atoms with E-state index in [2.05, 4.69) is 5.32 Å². The summed E-state index contributed by atoms with van der Waals surface area (Å²) in [6, 6.07) is 13.6. The summed E-state index contributed by atoms with van der Waals surface area (Å²) in [7, 11) is -3.69. The van der Waals surface area contributed by atoms with Gasteiger partial charge >= 0.3 is 0 Å². The number of morpholine rings is 1. The lowest BCUT2D eigenvalue weighted by Gasteiger charge is -2.34. The number of para-hydroxylation sites is 1. The molecular weight excluding hydrogens is 364 g/mol. The fraction of sp³-hybridized carbons (Fsp3) is 0.350. The summed E-state index contributed by atoms with van der Waals surface area (Å²) in [5.74, 6) is -0.343. The van der Waals surface area contributed by atoms with E-state index in [9.17, 15) is 13.2 Å². The largest absolute Gasteiger partial charge is 0.373 e. The summed E-state index contributed by atoms with van der Waals surface area (Å²) < 4.78 is 33.0. The molecule has 7 heteroatoms. The fourth-order valence-corrected chi connectivity index (χ4v) is 4.82. The average molecular weight is 388 g/mol. The minimum atomic E-state index is -3.69. The van der Waals surface area contributed by atoms with Crippen LogP contribution in [0.5, 0.6) is 0 Å². The SMILES string of the molecule is Cc1ccccc1NC(=O)c1cccc(S(=O)(=O)N2C[C@@H](C)O[C@H](C)C2)c1. The third-order valence-electron chi connectivity index (χ3n) is 4.51. The number of nitrogens with zero attached hydrogens (tertiary/aromatic N) is 1. The standard InChI is InChI=1S/C20H24N2O4S/c1-14-7-4-5-10-19(14)21-20(23)17-8-6-9-18(11-17)27(24,25)22-12-15(2)26-16(3)13-22/h4-11,15-16H,12-13H2,1-3H3,(H,21,23)/t15-,16-/m1/s1. The number of aryl methyl sites for hydroxylation is 1. The zero-order chi connectivity index (χ0) is 19.6. The third-order valence-corrected chi connectivity index (χ3v) is 6.34. The Hall–Kier alpha value is -2.22. The van der Waals surface area contributed by atoms with Gasteiger partial charge in [0, 0.05) is 24.3 Å². The van der Waals surface area contributed by atoms with Gasteiger partial charge in [0.2, 0.25) is 10.0 Å². The van der Waals surface area contributed by atoms with E-state index in [-0.39, 0.29) is 23.0 Å². The van der Waals surface area contributed by atoms with Crippen molar-refractivity contribution in [1.82, 2.24) is 4.31 Å². The van der Waals surface area contributed by atoms with Gasteiger partial charge in [-0.3, -0.25) is 4.79 Å². The van der Waals surface area contributed by atoms with E-state index in [0.29, 0.717) is 24.3 Å². The first-order valence-corrected chi connectivity index (χ1v) is 10.3. The molecule has 27 heavy (non-hydrogen) atoms. The molecule has 1 N–H and O–H groups in total. The van der Waals surface area contributed by atoms with Crippen molar-refractivity contribution >= 4 is 21.6 Å². The Morgan fingerprint density at radius 3 is 2.41 bits per heavy atom. The van der Waals surface area contributed by atoms with Crippen LogP contribution in [0.25, 0.3) is 0 Å². The first kappa shape index (κ1) is 19.5. The summed E-state index contributed by atoms with van der Waals surface area (Å²) in [4.78, 5) is 12.7. The molecule has 0 saturated carbocycles. The lowest BCUT2D eigenvalue weighted by atomic mass is 10.1. The molecule has 0 radical (unpaired) electrons. The predicted molar refractivity (Wildman–Crippen MR) is 104 cm³/mol. The van der Waals surface area contributed by atoms with Gasteiger partial charge in [-0.2, -0.15) is 4.31 Å². The highest BCUT2D eigenvalue weighted by molar-refractivity contribution is 7.89. The van der Waals surface area contributed by atoms with Gasteiger partial charge in [0.15, 0.2) is 0 Å². The number of hydrogen-bond acceptors (Lipinski definition) is 4. The third kappa shape index (κ3) is 4.37. The van der Waals surface area contributed by atoms with Crippen molar-refractivity contribution in [3.05, 3.63) is 59.7 Å². The summed E-state index contributed by atoms with van der Waals surface area (Å²) in [5, 5.41) is 2.83. The Kier molecular flexibility index (Phi) is 5.64. The smallest absolute Gasteiger partial charge is 0.255 e. The molecule has 2 atom stereocenters. The van der Waals surface area contributed by atoms with E-state index >= 15 is 0 Å². The van der Waals surface area contributed by atoms with Gasteiger partial charge in [-0.05, 0) is 50.6 Å². The van der Waals surface area contributed by atoms with Crippen molar-refractivity contribution in [2.75, 3.05) is 18.4 Å². The normalized spacial score (nSPS) is 21.0. The first-order chi connectivity index (χ1) is 12.8. The maximum absolute atomic E-state index is 13.0. The molecule has 0 bridgehead atoms. The van der Waals surface area contributed by atoms with Gasteiger partial charge in [0.25, 0.3) is 5.91 Å². The lowest BCUT2D eigenvalue weighted by Crippen LogP contribution is -2.48. The number of carbonyl (C=O) groups is 1. The second-order valence-corrected chi connectivity index (χ2v) is 8.81. The van der Waals surface area contributed by atoms with E-state index in [0.717, 1.165) is 5.56 Å². The highest BCUT2D eigenvalue weighted by Crippen LogP contribution is 2.22. The van der Waals surface area contributed by atoms with Crippen molar-refractivity contribution in [2.24, 2.45) is 0 Å². The zero-order valence-corrected chi connectivity index (χ0v) is 16.5. The molecule has 1 aliphatic heterocycles. The fourth-order valence-electron chi connectivity index (χ4n) is 3.18. The number of rotatable bonds is 4. The maximum atomic E-state index is 13.0. The number of hydrogen-bond donors (Lipinski definition) is 1. The first-order valence-electron chi connectivity index (χ1n) is 8.90. The van der Waals surface area contributed by atoms with Crippen LogP contribution in [0.4, 0.5) is 5.69 Å². The summed E-state index contributed by atoms with van der Waals surface area (Å²) in [5.41, 5.74) is 1.94. The van der Waals surface area contributed by atoms with E-state index in [1.165, 1.54) is 16.4 Å². The van der Waals surface area contributed by atoms with Crippen LogP contribution in [0.1, 0.15) is 29.8 Å². The highest BCUT2D eigenvalue weighted by Gasteiger charge is 2.32. The monoisotopic (exact) mass is 388 g/mol. The van der Waals surface area contributed by atoms with Crippen LogP contribution in [0.3, 0.4) is 0 Å². The van der Waals surface area contributed by atoms with Crippen LogP contribution >= 0.6 is 0 Å². The van der Waals surface area contributed by atoms with Gasteiger partial charge in [0.05, 0.1) is 17.1 Å². The van der Waals surface area contributed by atoms with Crippen molar-refractivity contribution in [1.29, 1.82) is 0 Å². The Balaban J connectivity index is 1.84. The number of benzene rings is 2. The Bertz CT molecular complexity index is 933. The highest BCUT2D eigenvalue weighted by atomic mass is 32.2. The van der Waals surface area contributed by atoms with Crippen LogP contribution < -0.4 is 5.32 Å². The van der Waals surface area contributed by atoms with Gasteiger partial charge in [-0.15, -0.1) is 0 Å². The van der Waals surface area contributed by atoms with Crippen LogP contribution in [0, 0.1) is 6.92 Å². The number of carbonyl (C=O) groups excluding carboxylic acids is 1. The molecule has 0 spiro atoms. The molecule has 3 rings (SSSR count). The molecule has 1 saturated heterocycles. The van der Waals surface area contributed by atoms with Gasteiger partial charge in [-0.25, -0.2) is 8.42 Å². The van der Waals surface area contributed by atoms with Crippen molar-refractivity contribution in [2.45, 2.75) is 37.9 Å². The number of amides is 1. The molecule has 1 heterocycles. The molecule has 1 amide bonds. The maximum Gasteiger partial charge on any atom is 0.255 e. The molecule has 1 aliphatic rings. The Morgan fingerprint density at radius 2 is 1.74 bits per heavy atom. The van der Waals surface area contributed by atoms with Gasteiger partial charge in [-0.1, -0.05) is 24.3 Å². The molecular formula is C20H24N2O4S. The zero-order valence-electron chi connectivity index (χ0n) is 15.7.